The molecule has 2 aromatic carbocycles. The normalized spacial score (nSPS) is 11.8. The summed E-state index contributed by atoms with van der Waals surface area (Å²) in [5.41, 5.74) is 1.97. The van der Waals surface area contributed by atoms with Crippen LogP contribution in [0.5, 0.6) is 0 Å². The number of aromatic nitrogens is 2. The van der Waals surface area contributed by atoms with Gasteiger partial charge in [0, 0.05) is 25.5 Å². The summed E-state index contributed by atoms with van der Waals surface area (Å²) in [4.78, 5) is 31.0. The number of carbonyl (C=O) groups is 2. The third-order valence-electron chi connectivity index (χ3n) is 5.45. The molecule has 0 fully saturated rings. The van der Waals surface area contributed by atoms with E-state index in [2.05, 4.69) is 9.55 Å². The van der Waals surface area contributed by atoms with Crippen molar-refractivity contribution in [3.05, 3.63) is 90.0 Å². The molecule has 0 N–H and O–H groups in total. The second kappa shape index (κ2) is 12.6. The van der Waals surface area contributed by atoms with Gasteiger partial charge in [0.25, 0.3) is 0 Å². The molecule has 0 aliphatic heterocycles. The Morgan fingerprint density at radius 3 is 2.38 bits per heavy atom. The van der Waals surface area contributed by atoms with Crippen LogP contribution in [0.1, 0.15) is 29.8 Å². The van der Waals surface area contributed by atoms with Crippen molar-refractivity contribution in [2.75, 3.05) is 13.2 Å². The van der Waals surface area contributed by atoms with Crippen molar-refractivity contribution in [2.45, 2.75) is 45.4 Å². The number of hydrogen-bond donors (Lipinski definition) is 0. The highest BCUT2D eigenvalue weighted by Gasteiger charge is 2.23. The number of nitrogens with zero attached hydrogens (tertiary/aromatic N) is 3. The number of amides is 1. The predicted octanol–water partition coefficient (Wildman–Crippen LogP) is 3.83. The molecular formula is C26H31N3O3. The van der Waals surface area contributed by atoms with Crippen molar-refractivity contribution in [3.8, 4) is 0 Å². The highest BCUT2D eigenvalue weighted by Crippen LogP contribution is 2.10. The first-order chi connectivity index (χ1) is 15.7. The molecule has 0 bridgehead atoms. The van der Waals surface area contributed by atoms with Crippen LogP contribution in [0.4, 0.5) is 0 Å². The molecule has 168 valence electrons. The molecule has 0 aliphatic rings. The van der Waals surface area contributed by atoms with Crippen LogP contribution in [0, 0.1) is 6.92 Å². The van der Waals surface area contributed by atoms with E-state index < -0.39 is 6.04 Å². The Labute approximate surface area is 189 Å². The third kappa shape index (κ3) is 7.17. The van der Waals surface area contributed by atoms with Gasteiger partial charge in [-0.15, -0.1) is 0 Å². The van der Waals surface area contributed by atoms with E-state index in [9.17, 15) is 9.59 Å². The quantitative estimate of drug-likeness (QED) is 0.304. The van der Waals surface area contributed by atoms with E-state index >= 15 is 0 Å². The molecule has 3 rings (SSSR count). The van der Waals surface area contributed by atoms with Gasteiger partial charge in [0.15, 0.2) is 0 Å². The Morgan fingerprint density at radius 1 is 1.06 bits per heavy atom. The summed E-state index contributed by atoms with van der Waals surface area (Å²) in [6.07, 6.45) is 6.53. The minimum absolute atomic E-state index is 0.0598. The number of hydrogen-bond acceptors (Lipinski definition) is 4. The summed E-state index contributed by atoms with van der Waals surface area (Å²) in [6, 6.07) is 18.8. The van der Waals surface area contributed by atoms with Crippen LogP contribution in [-0.2, 0) is 33.9 Å². The maximum atomic E-state index is 13.1. The summed E-state index contributed by atoms with van der Waals surface area (Å²) in [7, 11) is 0. The minimum Gasteiger partial charge on any atom is -0.374 e. The summed E-state index contributed by atoms with van der Waals surface area (Å²) >= 11 is 0. The minimum atomic E-state index is -0.607. The fourth-order valence-electron chi connectivity index (χ4n) is 3.63. The van der Waals surface area contributed by atoms with Gasteiger partial charge in [-0.25, -0.2) is 4.98 Å². The molecule has 0 saturated heterocycles. The SMILES string of the molecule is Cc1nccn1CCCCN(C(=O)Cc1ccccc1)[C@H](C=O)COCc1ccccc1. The lowest BCUT2D eigenvalue weighted by molar-refractivity contribution is -0.137. The number of aldehydes is 1. The predicted molar refractivity (Wildman–Crippen MR) is 124 cm³/mol. The summed E-state index contributed by atoms with van der Waals surface area (Å²) in [5, 5.41) is 0. The molecule has 32 heavy (non-hydrogen) atoms. The van der Waals surface area contributed by atoms with Crippen molar-refractivity contribution in [1.82, 2.24) is 14.5 Å². The summed E-state index contributed by atoms with van der Waals surface area (Å²) in [5.74, 6) is 0.914. The van der Waals surface area contributed by atoms with Crippen LogP contribution in [0.3, 0.4) is 0 Å². The van der Waals surface area contributed by atoms with Crippen molar-refractivity contribution < 1.29 is 14.3 Å². The van der Waals surface area contributed by atoms with Crippen molar-refractivity contribution in [1.29, 1.82) is 0 Å². The molecule has 6 nitrogen and oxygen atoms in total. The van der Waals surface area contributed by atoms with Gasteiger partial charge in [-0.1, -0.05) is 60.7 Å². The zero-order valence-corrected chi connectivity index (χ0v) is 18.6. The Bertz CT molecular complexity index is 957. The second-order valence-corrected chi connectivity index (χ2v) is 7.83. The molecule has 0 unspecified atom stereocenters. The van der Waals surface area contributed by atoms with E-state index in [0.29, 0.717) is 13.2 Å². The van der Waals surface area contributed by atoms with Crippen LogP contribution in [0.2, 0.25) is 0 Å². The number of benzene rings is 2. The van der Waals surface area contributed by atoms with Crippen LogP contribution >= 0.6 is 0 Å². The molecule has 6 heteroatoms. The van der Waals surface area contributed by atoms with E-state index in [1.165, 1.54) is 0 Å². The maximum Gasteiger partial charge on any atom is 0.227 e. The molecule has 3 aromatic rings. The van der Waals surface area contributed by atoms with Gasteiger partial charge in [0.1, 0.15) is 18.2 Å². The van der Waals surface area contributed by atoms with Crippen LogP contribution in [0.25, 0.3) is 0 Å². The number of carbonyl (C=O) groups excluding carboxylic acids is 2. The lowest BCUT2D eigenvalue weighted by Crippen LogP contribution is -2.45. The Balaban J connectivity index is 1.59. The Kier molecular flexibility index (Phi) is 9.20. The van der Waals surface area contributed by atoms with Crippen molar-refractivity contribution >= 4 is 12.2 Å². The lowest BCUT2D eigenvalue weighted by atomic mass is 10.1. The molecule has 0 saturated carbocycles. The molecule has 1 atom stereocenters. The summed E-state index contributed by atoms with van der Waals surface area (Å²) in [6.45, 7) is 3.91. The van der Waals surface area contributed by atoms with E-state index in [0.717, 1.165) is 42.6 Å². The summed E-state index contributed by atoms with van der Waals surface area (Å²) < 4.78 is 7.89. The first-order valence-corrected chi connectivity index (χ1v) is 11.1. The molecule has 1 amide bonds. The van der Waals surface area contributed by atoms with E-state index in [1.54, 1.807) is 11.1 Å². The Hall–Kier alpha value is -3.25. The van der Waals surface area contributed by atoms with Crippen LogP contribution in [-0.4, -0.2) is 45.8 Å². The number of aryl methyl sites for hydroxylation is 2. The van der Waals surface area contributed by atoms with Crippen molar-refractivity contribution in [2.24, 2.45) is 0 Å². The molecule has 1 heterocycles. The molecule has 0 spiro atoms. The lowest BCUT2D eigenvalue weighted by Gasteiger charge is -2.28. The first kappa shape index (κ1) is 23.4. The fourth-order valence-corrected chi connectivity index (χ4v) is 3.63. The van der Waals surface area contributed by atoms with E-state index in [-0.39, 0.29) is 18.9 Å². The van der Waals surface area contributed by atoms with Gasteiger partial charge in [0.2, 0.25) is 5.91 Å². The third-order valence-corrected chi connectivity index (χ3v) is 5.45. The molecular weight excluding hydrogens is 402 g/mol. The van der Waals surface area contributed by atoms with Crippen molar-refractivity contribution in [3.63, 3.8) is 0 Å². The van der Waals surface area contributed by atoms with Gasteiger partial charge in [-0.3, -0.25) is 4.79 Å². The van der Waals surface area contributed by atoms with E-state index in [1.807, 2.05) is 73.8 Å². The molecule has 0 aliphatic carbocycles. The zero-order valence-electron chi connectivity index (χ0n) is 18.6. The molecule has 1 aromatic heterocycles. The smallest absolute Gasteiger partial charge is 0.227 e. The monoisotopic (exact) mass is 433 g/mol. The standard InChI is InChI=1S/C26H31N3O3/c1-22-27-14-17-28(22)15-8-9-16-29(26(31)18-23-10-4-2-5-11-23)25(19-30)21-32-20-24-12-6-3-7-13-24/h2-7,10-14,17,19,25H,8-9,15-16,18,20-21H2,1H3/t25-/m1/s1. The highest BCUT2D eigenvalue weighted by molar-refractivity contribution is 5.82. The largest absolute Gasteiger partial charge is 0.374 e. The maximum absolute atomic E-state index is 13.1. The number of unbranched alkanes of at least 4 members (excludes halogenated alkanes) is 1. The Morgan fingerprint density at radius 2 is 1.75 bits per heavy atom. The van der Waals surface area contributed by atoms with Gasteiger partial charge in [0.05, 0.1) is 19.6 Å². The van der Waals surface area contributed by atoms with Crippen LogP contribution < -0.4 is 0 Å². The number of ether oxygens (including phenoxy) is 1. The topological polar surface area (TPSA) is 64.4 Å². The fraction of sp³-hybridized carbons (Fsp3) is 0.346. The van der Waals surface area contributed by atoms with Gasteiger partial charge >= 0.3 is 0 Å². The highest BCUT2D eigenvalue weighted by atomic mass is 16.5. The second-order valence-electron chi connectivity index (χ2n) is 7.83. The van der Waals surface area contributed by atoms with Crippen LogP contribution in [0.15, 0.2) is 73.1 Å². The van der Waals surface area contributed by atoms with Gasteiger partial charge in [-0.2, -0.15) is 0 Å². The van der Waals surface area contributed by atoms with Gasteiger partial charge < -0.3 is 19.0 Å². The van der Waals surface area contributed by atoms with E-state index in [4.69, 9.17) is 4.74 Å². The van der Waals surface area contributed by atoms with Gasteiger partial charge in [-0.05, 0) is 30.9 Å². The average Bonchev–Trinajstić information content (AvgIpc) is 3.23. The number of imidazole rings is 1. The average molecular weight is 434 g/mol. The zero-order chi connectivity index (χ0) is 22.6. The number of rotatable bonds is 13. The molecule has 0 radical (unpaired) electrons. The first-order valence-electron chi connectivity index (χ1n) is 11.1.